The molecule has 126 valence electrons. The summed E-state index contributed by atoms with van der Waals surface area (Å²) in [5.41, 5.74) is -0.428. The normalized spacial score (nSPS) is 11.1. The highest BCUT2D eigenvalue weighted by Crippen LogP contribution is 2.15. The molecule has 0 fully saturated rings. The number of nitrogens with zero attached hydrogens (tertiary/aromatic N) is 3. The fourth-order valence-electron chi connectivity index (χ4n) is 2.01. The summed E-state index contributed by atoms with van der Waals surface area (Å²) in [7, 11) is 1.39. The van der Waals surface area contributed by atoms with E-state index in [1.54, 1.807) is 6.07 Å². The van der Waals surface area contributed by atoms with Crippen molar-refractivity contribution >= 4 is 11.9 Å². The van der Waals surface area contributed by atoms with Gasteiger partial charge in [0.1, 0.15) is 12.1 Å². The molecule has 0 saturated heterocycles. The number of carbonyl (C=O) groups is 2. The molecule has 24 heavy (non-hydrogen) atoms. The van der Waals surface area contributed by atoms with Crippen LogP contribution in [0.15, 0.2) is 47.3 Å². The van der Waals surface area contributed by atoms with Crippen molar-refractivity contribution in [1.82, 2.24) is 14.7 Å². The lowest BCUT2D eigenvalue weighted by Crippen LogP contribution is -2.52. The van der Waals surface area contributed by atoms with E-state index < -0.39 is 23.0 Å². The summed E-state index contributed by atoms with van der Waals surface area (Å²) in [4.78, 5) is 36.6. The maximum absolute atomic E-state index is 12.3. The van der Waals surface area contributed by atoms with Crippen LogP contribution in [0.5, 0.6) is 0 Å². The van der Waals surface area contributed by atoms with Crippen LogP contribution >= 0.6 is 0 Å². The van der Waals surface area contributed by atoms with Crippen LogP contribution in [0.25, 0.3) is 11.3 Å². The summed E-state index contributed by atoms with van der Waals surface area (Å²) in [5.74, 6) is -1.64. The van der Waals surface area contributed by atoms with Gasteiger partial charge in [0.2, 0.25) is 5.91 Å². The van der Waals surface area contributed by atoms with E-state index >= 15 is 0 Å². The van der Waals surface area contributed by atoms with E-state index in [1.165, 1.54) is 27.0 Å². The number of aromatic nitrogens is 2. The van der Waals surface area contributed by atoms with Crippen LogP contribution in [-0.4, -0.2) is 44.3 Å². The number of benzene rings is 1. The van der Waals surface area contributed by atoms with E-state index in [9.17, 15) is 19.5 Å². The molecule has 0 bridgehead atoms. The predicted molar refractivity (Wildman–Crippen MR) is 88.4 cm³/mol. The van der Waals surface area contributed by atoms with Crippen molar-refractivity contribution in [3.8, 4) is 11.3 Å². The number of rotatable bonds is 5. The summed E-state index contributed by atoms with van der Waals surface area (Å²) in [6.07, 6.45) is 0. The zero-order valence-electron chi connectivity index (χ0n) is 13.8. The van der Waals surface area contributed by atoms with E-state index in [1.807, 2.05) is 30.3 Å². The molecule has 7 nitrogen and oxygen atoms in total. The first-order valence-corrected chi connectivity index (χ1v) is 7.37. The minimum absolute atomic E-state index is 0.327. The van der Waals surface area contributed by atoms with Gasteiger partial charge in [0.25, 0.3) is 5.56 Å². The lowest BCUT2D eigenvalue weighted by Gasteiger charge is -2.31. The van der Waals surface area contributed by atoms with E-state index in [2.05, 4.69) is 5.10 Å². The van der Waals surface area contributed by atoms with Gasteiger partial charge < -0.3 is 10.0 Å². The fraction of sp³-hybridized carbons (Fsp3) is 0.294. The van der Waals surface area contributed by atoms with Gasteiger partial charge in [-0.25, -0.2) is 9.48 Å². The van der Waals surface area contributed by atoms with Crippen LogP contribution in [0.2, 0.25) is 0 Å². The van der Waals surface area contributed by atoms with Crippen molar-refractivity contribution in [2.24, 2.45) is 0 Å². The Balaban J connectivity index is 2.28. The molecule has 0 atom stereocenters. The average molecular weight is 329 g/mol. The van der Waals surface area contributed by atoms with Crippen molar-refractivity contribution in [3.63, 3.8) is 0 Å². The molecule has 0 aliphatic rings. The van der Waals surface area contributed by atoms with Crippen molar-refractivity contribution in [1.29, 1.82) is 0 Å². The predicted octanol–water partition coefficient (Wildman–Crippen LogP) is 1.23. The molecule has 2 aromatic rings. The average Bonchev–Trinajstić information content (AvgIpc) is 2.56. The second kappa shape index (κ2) is 6.66. The van der Waals surface area contributed by atoms with Crippen LogP contribution in [0, 0.1) is 0 Å². The summed E-state index contributed by atoms with van der Waals surface area (Å²) in [6, 6.07) is 12.2. The lowest BCUT2D eigenvalue weighted by molar-refractivity contribution is -0.155. The van der Waals surface area contributed by atoms with Crippen molar-refractivity contribution < 1.29 is 14.7 Å². The van der Waals surface area contributed by atoms with Gasteiger partial charge in [-0.1, -0.05) is 30.3 Å². The number of hydrogen-bond donors (Lipinski definition) is 1. The molecule has 0 radical (unpaired) electrons. The Labute approximate surface area is 139 Å². The Morgan fingerprint density at radius 3 is 2.38 bits per heavy atom. The number of carboxylic acids is 1. The van der Waals surface area contributed by atoms with Gasteiger partial charge in [0.15, 0.2) is 0 Å². The first-order chi connectivity index (χ1) is 11.2. The van der Waals surface area contributed by atoms with Crippen LogP contribution in [0.4, 0.5) is 0 Å². The van der Waals surface area contributed by atoms with Crippen molar-refractivity contribution in [3.05, 3.63) is 52.8 Å². The molecule has 1 aromatic heterocycles. The number of hydrogen-bond acceptors (Lipinski definition) is 4. The second-order valence-corrected chi connectivity index (χ2v) is 5.90. The summed E-state index contributed by atoms with van der Waals surface area (Å²) < 4.78 is 1.04. The van der Waals surface area contributed by atoms with Gasteiger partial charge in [0, 0.05) is 18.7 Å². The monoisotopic (exact) mass is 329 g/mol. The molecule has 0 unspecified atom stereocenters. The van der Waals surface area contributed by atoms with Gasteiger partial charge in [0.05, 0.1) is 5.69 Å². The zero-order valence-corrected chi connectivity index (χ0v) is 13.8. The van der Waals surface area contributed by atoms with Gasteiger partial charge >= 0.3 is 5.97 Å². The molecule has 1 heterocycles. The molecule has 0 spiro atoms. The minimum Gasteiger partial charge on any atom is -0.480 e. The van der Waals surface area contributed by atoms with E-state index in [4.69, 9.17) is 0 Å². The lowest BCUT2D eigenvalue weighted by atomic mass is 10.0. The smallest absolute Gasteiger partial charge is 0.329 e. The van der Waals surface area contributed by atoms with Gasteiger partial charge in [-0.15, -0.1) is 0 Å². The first-order valence-electron chi connectivity index (χ1n) is 7.37. The number of amides is 1. The largest absolute Gasteiger partial charge is 0.480 e. The van der Waals surface area contributed by atoms with Gasteiger partial charge in [-0.3, -0.25) is 9.59 Å². The number of aliphatic carboxylic acids is 1. The summed E-state index contributed by atoms with van der Waals surface area (Å²) in [5, 5.41) is 13.4. The molecule has 1 aromatic carbocycles. The highest BCUT2D eigenvalue weighted by atomic mass is 16.4. The Morgan fingerprint density at radius 1 is 1.17 bits per heavy atom. The fourth-order valence-corrected chi connectivity index (χ4v) is 2.01. The number of likely N-dealkylation sites (N-methyl/N-ethyl adjacent to an activating group) is 1. The topological polar surface area (TPSA) is 92.5 Å². The quantitative estimate of drug-likeness (QED) is 0.891. The molecule has 2 rings (SSSR count). The van der Waals surface area contributed by atoms with Gasteiger partial charge in [-0.05, 0) is 19.9 Å². The molecule has 0 aliphatic carbocycles. The molecule has 1 amide bonds. The second-order valence-electron chi connectivity index (χ2n) is 5.90. The summed E-state index contributed by atoms with van der Waals surface area (Å²) in [6.45, 7) is 2.51. The van der Waals surface area contributed by atoms with Crippen molar-refractivity contribution in [2.45, 2.75) is 25.9 Å². The van der Waals surface area contributed by atoms with Gasteiger partial charge in [-0.2, -0.15) is 5.10 Å². The highest BCUT2D eigenvalue weighted by Gasteiger charge is 2.35. The van der Waals surface area contributed by atoms with E-state index in [0.717, 1.165) is 15.1 Å². The zero-order chi connectivity index (χ0) is 17.9. The number of carboxylic acid groups (broad SMARTS) is 1. The Kier molecular flexibility index (Phi) is 4.82. The van der Waals surface area contributed by atoms with Crippen molar-refractivity contribution in [2.75, 3.05) is 7.05 Å². The van der Waals surface area contributed by atoms with E-state index in [-0.39, 0.29) is 6.54 Å². The Hall–Kier alpha value is -2.96. The first kappa shape index (κ1) is 17.4. The standard InChI is InChI=1S/C17H19N3O4/c1-17(2,16(23)24)19(3)15(22)11-20-14(21)10-9-13(18-20)12-7-5-4-6-8-12/h4-10H,11H2,1-3H3,(H,23,24). The maximum Gasteiger partial charge on any atom is 0.329 e. The van der Waals surface area contributed by atoms with Crippen LogP contribution in [0.1, 0.15) is 13.8 Å². The Morgan fingerprint density at radius 2 is 1.79 bits per heavy atom. The molecule has 0 aliphatic heterocycles. The van der Waals surface area contributed by atoms with Crippen LogP contribution in [-0.2, 0) is 16.1 Å². The van der Waals surface area contributed by atoms with Crippen LogP contribution < -0.4 is 5.56 Å². The molecular weight excluding hydrogens is 310 g/mol. The minimum atomic E-state index is -1.38. The highest BCUT2D eigenvalue weighted by molar-refractivity contribution is 5.86. The molecule has 1 N–H and O–H groups in total. The SMILES string of the molecule is CN(C(=O)Cn1nc(-c2ccccc2)ccc1=O)C(C)(C)C(=O)O. The number of carbonyl (C=O) groups excluding carboxylic acids is 1. The van der Waals surface area contributed by atoms with Crippen LogP contribution in [0.3, 0.4) is 0 Å². The Bertz CT molecular complexity index is 812. The third-order valence-electron chi connectivity index (χ3n) is 3.96. The third-order valence-corrected chi connectivity index (χ3v) is 3.96. The molecular formula is C17H19N3O4. The summed E-state index contributed by atoms with van der Waals surface area (Å²) >= 11 is 0. The molecule has 7 heteroatoms. The van der Waals surface area contributed by atoms with E-state index in [0.29, 0.717) is 5.69 Å². The maximum atomic E-state index is 12.3. The molecule has 0 saturated carbocycles. The third kappa shape index (κ3) is 3.51.